The van der Waals surface area contributed by atoms with Gasteiger partial charge in [-0.15, -0.1) is 0 Å². The zero-order chi connectivity index (χ0) is 16.2. The van der Waals surface area contributed by atoms with Crippen molar-refractivity contribution in [1.29, 1.82) is 0 Å². The molecule has 118 valence electrons. The highest BCUT2D eigenvalue weighted by Crippen LogP contribution is 2.33. The van der Waals surface area contributed by atoms with Gasteiger partial charge in [0, 0.05) is 18.6 Å². The Hall–Kier alpha value is -2.62. The third-order valence-corrected chi connectivity index (χ3v) is 4.14. The van der Waals surface area contributed by atoms with Gasteiger partial charge in [0.1, 0.15) is 11.5 Å². The van der Waals surface area contributed by atoms with Crippen LogP contribution < -0.4 is 10.5 Å². The molecule has 0 aromatic heterocycles. The summed E-state index contributed by atoms with van der Waals surface area (Å²) in [5.41, 5.74) is 9.33. The number of nitrogens with two attached hydrogens (primary N) is 1. The highest BCUT2D eigenvalue weighted by atomic mass is 16.5. The number of hydrogen-bond acceptors (Lipinski definition) is 4. The number of rotatable bonds is 3. The van der Waals surface area contributed by atoms with Gasteiger partial charge in [0.2, 0.25) is 0 Å². The summed E-state index contributed by atoms with van der Waals surface area (Å²) in [5.74, 6) is 1.18. The van der Waals surface area contributed by atoms with Crippen LogP contribution in [0.25, 0.3) is 0 Å². The number of methoxy groups -OCH3 is 1. The van der Waals surface area contributed by atoms with Crippen LogP contribution in [0.1, 0.15) is 30.7 Å². The van der Waals surface area contributed by atoms with Crippen LogP contribution in [-0.2, 0) is 4.79 Å². The lowest BCUT2D eigenvalue weighted by Gasteiger charge is -2.23. The van der Waals surface area contributed by atoms with Crippen molar-refractivity contribution in [2.45, 2.75) is 25.2 Å². The van der Waals surface area contributed by atoms with E-state index in [0.29, 0.717) is 18.5 Å². The van der Waals surface area contributed by atoms with Crippen molar-refractivity contribution < 1.29 is 9.53 Å². The molecule has 1 saturated carbocycles. The molecule has 0 amide bonds. The van der Waals surface area contributed by atoms with Gasteiger partial charge in [-0.05, 0) is 42.2 Å². The smallest absolute Gasteiger partial charge is 0.139 e. The van der Waals surface area contributed by atoms with Crippen molar-refractivity contribution in [2.75, 3.05) is 12.8 Å². The number of benzene rings is 2. The number of ether oxygens (including phenoxy) is 1. The van der Waals surface area contributed by atoms with E-state index in [0.717, 1.165) is 29.1 Å². The summed E-state index contributed by atoms with van der Waals surface area (Å²) >= 11 is 0. The molecule has 23 heavy (non-hydrogen) atoms. The summed E-state index contributed by atoms with van der Waals surface area (Å²) < 4.78 is 5.28. The van der Waals surface area contributed by atoms with Gasteiger partial charge in [-0.3, -0.25) is 9.79 Å². The quantitative estimate of drug-likeness (QED) is 0.875. The average Bonchev–Trinajstić information content (AvgIpc) is 2.56. The van der Waals surface area contributed by atoms with E-state index >= 15 is 0 Å². The van der Waals surface area contributed by atoms with Gasteiger partial charge in [0.15, 0.2) is 0 Å². The number of ketones is 1. The van der Waals surface area contributed by atoms with Crippen LogP contribution in [0.4, 0.5) is 11.4 Å². The predicted molar refractivity (Wildman–Crippen MR) is 92.5 cm³/mol. The molecule has 1 unspecified atom stereocenters. The maximum Gasteiger partial charge on any atom is 0.139 e. The van der Waals surface area contributed by atoms with E-state index in [1.807, 2.05) is 48.5 Å². The van der Waals surface area contributed by atoms with Crippen LogP contribution in [0.3, 0.4) is 0 Å². The van der Waals surface area contributed by atoms with Crippen LogP contribution in [-0.4, -0.2) is 18.6 Å². The molecule has 2 aromatic rings. The second-order valence-corrected chi connectivity index (χ2v) is 5.83. The molecule has 0 bridgehead atoms. The predicted octanol–water partition coefficient (Wildman–Crippen LogP) is 3.89. The molecule has 4 heteroatoms. The second-order valence-electron chi connectivity index (χ2n) is 5.83. The first-order valence-electron chi connectivity index (χ1n) is 7.72. The molecule has 0 radical (unpaired) electrons. The maximum absolute atomic E-state index is 12.1. The number of nitrogen functional groups attached to an aromatic ring is 1. The van der Waals surface area contributed by atoms with Crippen molar-refractivity contribution in [1.82, 2.24) is 0 Å². The topological polar surface area (TPSA) is 64.7 Å². The standard InChI is InChI=1S/C19H20N2O2/c1-23-17-6-4-5-13(11-17)14-9-15(12-16(22)10-14)21-19-8-3-2-7-18(19)20/h2-8,11,14H,9-10,12,20H2,1H3. The van der Waals surface area contributed by atoms with Crippen LogP contribution in [0, 0.1) is 0 Å². The summed E-state index contributed by atoms with van der Waals surface area (Å²) in [6, 6.07) is 15.4. The number of carbonyl (C=O) groups excluding carboxylic acids is 1. The van der Waals surface area contributed by atoms with Gasteiger partial charge in [0.05, 0.1) is 18.5 Å². The van der Waals surface area contributed by atoms with E-state index < -0.39 is 0 Å². The molecule has 0 aliphatic heterocycles. The van der Waals surface area contributed by atoms with Crippen molar-refractivity contribution in [3.8, 4) is 5.75 Å². The molecular formula is C19H20N2O2. The van der Waals surface area contributed by atoms with Crippen molar-refractivity contribution in [3.05, 3.63) is 54.1 Å². The summed E-state index contributed by atoms with van der Waals surface area (Å²) in [5, 5.41) is 0. The summed E-state index contributed by atoms with van der Waals surface area (Å²) in [7, 11) is 1.65. The summed E-state index contributed by atoms with van der Waals surface area (Å²) in [6.45, 7) is 0. The maximum atomic E-state index is 12.1. The molecule has 0 spiro atoms. The number of nitrogens with zero attached hydrogens (tertiary/aromatic N) is 1. The lowest BCUT2D eigenvalue weighted by atomic mass is 9.82. The molecular weight excluding hydrogens is 288 g/mol. The van der Waals surface area contributed by atoms with E-state index in [4.69, 9.17) is 10.5 Å². The molecule has 1 aliphatic carbocycles. The fourth-order valence-electron chi connectivity index (χ4n) is 2.98. The Kier molecular flexibility index (Phi) is 4.42. The van der Waals surface area contributed by atoms with Gasteiger partial charge in [0.25, 0.3) is 0 Å². The van der Waals surface area contributed by atoms with E-state index in [9.17, 15) is 4.79 Å². The van der Waals surface area contributed by atoms with Gasteiger partial charge in [-0.1, -0.05) is 24.3 Å². The number of hydrogen-bond donors (Lipinski definition) is 1. The van der Waals surface area contributed by atoms with Gasteiger partial charge in [-0.25, -0.2) is 0 Å². The normalized spacial score (nSPS) is 19.8. The van der Waals surface area contributed by atoms with E-state index in [2.05, 4.69) is 4.99 Å². The minimum absolute atomic E-state index is 0.148. The minimum atomic E-state index is 0.148. The zero-order valence-corrected chi connectivity index (χ0v) is 13.2. The van der Waals surface area contributed by atoms with Crippen LogP contribution in [0.15, 0.2) is 53.5 Å². The SMILES string of the molecule is COc1cccc(C2CC(=O)CC(=Nc3ccccc3N)C2)c1. The third kappa shape index (κ3) is 3.59. The number of Topliss-reactive ketones (excluding diaryl/α,β-unsaturated/α-hetero) is 1. The number of aliphatic imine (C=N–C) groups is 1. The highest BCUT2D eigenvalue weighted by Gasteiger charge is 2.25. The first-order valence-corrected chi connectivity index (χ1v) is 7.72. The lowest BCUT2D eigenvalue weighted by molar-refractivity contribution is -0.118. The van der Waals surface area contributed by atoms with Crippen LogP contribution in [0.2, 0.25) is 0 Å². The van der Waals surface area contributed by atoms with E-state index in [1.54, 1.807) is 7.11 Å². The molecule has 4 nitrogen and oxygen atoms in total. The van der Waals surface area contributed by atoms with Gasteiger partial charge >= 0.3 is 0 Å². The Balaban J connectivity index is 1.87. The minimum Gasteiger partial charge on any atom is -0.497 e. The average molecular weight is 308 g/mol. The Morgan fingerprint density at radius 1 is 1.13 bits per heavy atom. The third-order valence-electron chi connectivity index (χ3n) is 4.14. The Bertz CT molecular complexity index is 753. The molecule has 2 aromatic carbocycles. The second kappa shape index (κ2) is 6.65. The molecule has 3 rings (SSSR count). The number of carbonyl (C=O) groups is 1. The van der Waals surface area contributed by atoms with Crippen molar-refractivity contribution >= 4 is 22.9 Å². The zero-order valence-electron chi connectivity index (χ0n) is 13.2. The molecule has 1 aliphatic rings. The largest absolute Gasteiger partial charge is 0.497 e. The first-order chi connectivity index (χ1) is 11.2. The van der Waals surface area contributed by atoms with Crippen molar-refractivity contribution in [2.24, 2.45) is 4.99 Å². The Morgan fingerprint density at radius 2 is 1.96 bits per heavy atom. The van der Waals surface area contributed by atoms with Gasteiger partial charge < -0.3 is 10.5 Å². The Labute approximate surface area is 136 Å². The van der Waals surface area contributed by atoms with Crippen molar-refractivity contribution in [3.63, 3.8) is 0 Å². The summed E-state index contributed by atoms with van der Waals surface area (Å²) in [6.07, 6.45) is 1.73. The Morgan fingerprint density at radius 3 is 2.74 bits per heavy atom. The fraction of sp³-hybridized carbons (Fsp3) is 0.263. The van der Waals surface area contributed by atoms with Crippen LogP contribution in [0.5, 0.6) is 5.75 Å². The van der Waals surface area contributed by atoms with E-state index in [-0.39, 0.29) is 11.7 Å². The van der Waals surface area contributed by atoms with E-state index in [1.165, 1.54) is 0 Å². The molecule has 0 heterocycles. The first kappa shape index (κ1) is 15.3. The number of anilines is 1. The van der Waals surface area contributed by atoms with Crippen LogP contribution >= 0.6 is 0 Å². The summed E-state index contributed by atoms with van der Waals surface area (Å²) in [4.78, 5) is 16.8. The molecule has 1 fully saturated rings. The highest BCUT2D eigenvalue weighted by molar-refractivity contribution is 6.06. The lowest BCUT2D eigenvalue weighted by Crippen LogP contribution is -2.21. The molecule has 0 saturated heterocycles. The molecule has 1 atom stereocenters. The monoisotopic (exact) mass is 308 g/mol. The fourth-order valence-corrected chi connectivity index (χ4v) is 2.98. The van der Waals surface area contributed by atoms with Gasteiger partial charge in [-0.2, -0.15) is 0 Å². The number of para-hydroxylation sites is 2. The molecule has 2 N–H and O–H groups in total.